The Labute approximate surface area is 163 Å². The number of amides is 1. The second-order valence-corrected chi connectivity index (χ2v) is 7.44. The number of H-pyrrole nitrogens is 1. The number of Topliss-reactive ketones (excluding diaryl/α,β-unsaturated/α-hetero) is 1. The number of ketones is 1. The minimum atomic E-state index is -4.82. The van der Waals surface area contributed by atoms with Crippen LogP contribution >= 0.6 is 0 Å². The monoisotopic (exact) mass is 408 g/mol. The zero-order valence-corrected chi connectivity index (χ0v) is 15.5. The van der Waals surface area contributed by atoms with Gasteiger partial charge in [0.25, 0.3) is 11.5 Å². The van der Waals surface area contributed by atoms with Crippen LogP contribution < -0.4 is 5.56 Å². The van der Waals surface area contributed by atoms with Gasteiger partial charge in [0.1, 0.15) is 17.8 Å². The second kappa shape index (κ2) is 7.16. The van der Waals surface area contributed by atoms with Gasteiger partial charge in [0.2, 0.25) is 0 Å². The molecule has 7 nitrogen and oxygen atoms in total. The molecule has 1 aliphatic heterocycles. The van der Waals surface area contributed by atoms with Crippen LogP contribution in [0, 0.1) is 0 Å². The van der Waals surface area contributed by atoms with E-state index in [9.17, 15) is 27.6 Å². The van der Waals surface area contributed by atoms with Crippen LogP contribution in [-0.4, -0.2) is 44.4 Å². The van der Waals surface area contributed by atoms with Crippen molar-refractivity contribution in [3.8, 4) is 0 Å². The maximum atomic E-state index is 13.2. The molecular weight excluding hydrogens is 389 g/mol. The Morgan fingerprint density at radius 3 is 2.48 bits per heavy atom. The van der Waals surface area contributed by atoms with Crippen molar-refractivity contribution in [2.45, 2.75) is 44.3 Å². The highest BCUT2D eigenvalue weighted by atomic mass is 19.4. The van der Waals surface area contributed by atoms with Crippen LogP contribution in [0.3, 0.4) is 0 Å². The maximum Gasteiger partial charge on any atom is 0.421 e. The van der Waals surface area contributed by atoms with Crippen molar-refractivity contribution in [1.82, 2.24) is 19.7 Å². The fraction of sp³-hybridized carbons (Fsp3) is 0.474. The van der Waals surface area contributed by atoms with Crippen molar-refractivity contribution in [1.29, 1.82) is 0 Å². The molecule has 1 amide bonds. The molecule has 4 rings (SSSR count). The highest BCUT2D eigenvalue weighted by molar-refractivity contribution is 6.00. The van der Waals surface area contributed by atoms with Gasteiger partial charge in [0, 0.05) is 30.8 Å². The normalized spacial score (nSPS) is 17.0. The topological polar surface area (TPSA) is 88.1 Å². The van der Waals surface area contributed by atoms with Crippen LogP contribution in [0.4, 0.5) is 13.2 Å². The third-order valence-electron chi connectivity index (χ3n) is 5.22. The van der Waals surface area contributed by atoms with Gasteiger partial charge in [-0.3, -0.25) is 14.4 Å². The summed E-state index contributed by atoms with van der Waals surface area (Å²) in [5, 5.41) is 3.98. The summed E-state index contributed by atoms with van der Waals surface area (Å²) in [6, 6.07) is 2.15. The summed E-state index contributed by atoms with van der Waals surface area (Å²) in [6.07, 6.45) is -0.242. The van der Waals surface area contributed by atoms with Crippen LogP contribution in [0.15, 0.2) is 23.1 Å². The number of hydrogen-bond donors (Lipinski definition) is 1. The number of aromatic nitrogens is 3. The summed E-state index contributed by atoms with van der Waals surface area (Å²) in [4.78, 5) is 41.6. The third-order valence-corrected chi connectivity index (χ3v) is 5.22. The number of halogens is 3. The number of likely N-dealkylation sites (tertiary alicyclic amines) is 1. The average molecular weight is 408 g/mol. The van der Waals surface area contributed by atoms with E-state index in [0.29, 0.717) is 30.6 Å². The number of rotatable bonds is 5. The minimum Gasteiger partial charge on any atom is -0.356 e. The molecular formula is C19H19F3N4O3. The van der Waals surface area contributed by atoms with Gasteiger partial charge in [-0.2, -0.15) is 18.3 Å². The van der Waals surface area contributed by atoms with Gasteiger partial charge in [-0.05, 0) is 37.8 Å². The first-order chi connectivity index (χ1) is 13.7. The number of nitrogens with one attached hydrogen (secondary N) is 1. The molecule has 0 unspecified atom stereocenters. The zero-order valence-electron chi connectivity index (χ0n) is 15.5. The van der Waals surface area contributed by atoms with Crippen molar-refractivity contribution in [2.75, 3.05) is 13.1 Å². The number of hydrogen-bond acceptors (Lipinski definition) is 4. The van der Waals surface area contributed by atoms with Crippen molar-refractivity contribution in [2.24, 2.45) is 0 Å². The molecule has 2 aliphatic rings. The quantitative estimate of drug-likeness (QED) is 0.771. The van der Waals surface area contributed by atoms with Crippen molar-refractivity contribution >= 4 is 11.7 Å². The molecule has 2 aromatic rings. The standard InChI is InChI=1S/C19H19F3N4O3/c20-19(21,22)13-8-14(11-3-4-11)24-26(17(13)28)10-16(27)12-7-15(23-9-12)18(29)25-5-1-2-6-25/h7-9,11,23H,1-6,10H2. The summed E-state index contributed by atoms with van der Waals surface area (Å²) in [7, 11) is 0. The summed E-state index contributed by atoms with van der Waals surface area (Å²) in [6.45, 7) is 0.668. The van der Waals surface area contributed by atoms with Gasteiger partial charge in [0.15, 0.2) is 5.78 Å². The summed E-state index contributed by atoms with van der Waals surface area (Å²) in [5.41, 5.74) is -2.14. The van der Waals surface area contributed by atoms with E-state index < -0.39 is 29.6 Å². The van der Waals surface area contributed by atoms with E-state index in [2.05, 4.69) is 10.1 Å². The van der Waals surface area contributed by atoms with Crippen molar-refractivity contribution in [3.63, 3.8) is 0 Å². The molecule has 2 aromatic heterocycles. The fourth-order valence-corrected chi connectivity index (χ4v) is 3.45. The van der Waals surface area contributed by atoms with Crippen molar-refractivity contribution < 1.29 is 22.8 Å². The molecule has 0 atom stereocenters. The first-order valence-electron chi connectivity index (χ1n) is 9.44. The summed E-state index contributed by atoms with van der Waals surface area (Å²) >= 11 is 0. The van der Waals surface area contributed by atoms with E-state index in [0.717, 1.165) is 18.9 Å². The minimum absolute atomic E-state index is 0.116. The van der Waals surface area contributed by atoms with Gasteiger partial charge in [-0.15, -0.1) is 0 Å². The van der Waals surface area contributed by atoms with E-state index in [1.54, 1.807) is 4.90 Å². The van der Waals surface area contributed by atoms with Crippen LogP contribution in [-0.2, 0) is 12.7 Å². The lowest BCUT2D eigenvalue weighted by Crippen LogP contribution is -2.33. The van der Waals surface area contributed by atoms with Gasteiger partial charge in [-0.1, -0.05) is 0 Å². The average Bonchev–Trinajstić information content (AvgIpc) is 3.17. The highest BCUT2D eigenvalue weighted by Gasteiger charge is 2.37. The highest BCUT2D eigenvalue weighted by Crippen LogP contribution is 2.40. The summed E-state index contributed by atoms with van der Waals surface area (Å²) in [5.74, 6) is -0.945. The molecule has 1 saturated carbocycles. The molecule has 10 heteroatoms. The molecule has 0 radical (unpaired) electrons. The molecule has 0 spiro atoms. The predicted molar refractivity (Wildman–Crippen MR) is 95.7 cm³/mol. The maximum absolute atomic E-state index is 13.2. The Bertz CT molecular complexity index is 1010. The molecule has 2 fully saturated rings. The molecule has 3 heterocycles. The van der Waals surface area contributed by atoms with Gasteiger partial charge in [0.05, 0.1) is 5.69 Å². The molecule has 29 heavy (non-hydrogen) atoms. The lowest BCUT2D eigenvalue weighted by molar-refractivity contribution is -0.139. The van der Waals surface area contributed by atoms with Gasteiger partial charge < -0.3 is 9.88 Å². The number of carbonyl (C=O) groups excluding carboxylic acids is 2. The van der Waals surface area contributed by atoms with E-state index in [-0.39, 0.29) is 28.8 Å². The van der Waals surface area contributed by atoms with E-state index in [4.69, 9.17) is 0 Å². The van der Waals surface area contributed by atoms with E-state index in [1.807, 2.05) is 0 Å². The molecule has 1 N–H and O–H groups in total. The Balaban J connectivity index is 1.58. The SMILES string of the molecule is O=C(Cn1nc(C2CC2)cc(C(F)(F)F)c1=O)c1c[nH]c(C(=O)N2CCCC2)c1. The Hall–Kier alpha value is -2.91. The van der Waals surface area contributed by atoms with Crippen LogP contribution in [0.1, 0.15) is 63.7 Å². The van der Waals surface area contributed by atoms with Crippen LogP contribution in [0.25, 0.3) is 0 Å². The summed E-state index contributed by atoms with van der Waals surface area (Å²) < 4.78 is 40.2. The first kappa shape index (κ1) is 19.4. The molecule has 0 bridgehead atoms. The zero-order chi connectivity index (χ0) is 20.8. The smallest absolute Gasteiger partial charge is 0.356 e. The Morgan fingerprint density at radius 1 is 1.17 bits per heavy atom. The van der Waals surface area contributed by atoms with Gasteiger partial charge in [-0.25, -0.2) is 4.68 Å². The van der Waals surface area contributed by atoms with Gasteiger partial charge >= 0.3 is 6.18 Å². The molecule has 1 aliphatic carbocycles. The van der Waals surface area contributed by atoms with E-state index in [1.165, 1.54) is 12.3 Å². The van der Waals surface area contributed by atoms with E-state index >= 15 is 0 Å². The predicted octanol–water partition coefficient (Wildman–Crippen LogP) is 2.59. The lowest BCUT2D eigenvalue weighted by atomic mass is 10.2. The number of carbonyl (C=O) groups is 2. The fourth-order valence-electron chi connectivity index (χ4n) is 3.45. The molecule has 0 aromatic carbocycles. The van der Waals surface area contributed by atoms with Crippen LogP contribution in [0.2, 0.25) is 0 Å². The Morgan fingerprint density at radius 2 is 1.86 bits per heavy atom. The molecule has 154 valence electrons. The molecule has 1 saturated heterocycles. The number of alkyl halides is 3. The number of nitrogens with zero attached hydrogens (tertiary/aromatic N) is 3. The Kier molecular flexibility index (Phi) is 4.79. The largest absolute Gasteiger partial charge is 0.421 e. The van der Waals surface area contributed by atoms with Crippen molar-refractivity contribution in [3.05, 3.63) is 51.2 Å². The first-order valence-corrected chi connectivity index (χ1v) is 9.44. The van der Waals surface area contributed by atoms with Crippen LogP contribution in [0.5, 0.6) is 0 Å². The number of aromatic amines is 1. The third kappa shape index (κ3) is 3.96. The second-order valence-electron chi connectivity index (χ2n) is 7.44. The lowest BCUT2D eigenvalue weighted by Gasteiger charge is -2.13.